The van der Waals surface area contributed by atoms with E-state index in [1.807, 2.05) is 6.07 Å². The molecule has 1 aliphatic rings. The Hall–Kier alpha value is -0.0500. The lowest BCUT2D eigenvalue weighted by Gasteiger charge is -2.30. The molecule has 1 aromatic heterocycles. The maximum absolute atomic E-state index is 9.06. The average Bonchev–Trinajstić information content (AvgIpc) is 2.29. The standard InChI is InChI=1S/C8H9ClOS/c9-8-2-1-7(11-8)5-3-6(10)4-5/h1-2,5-6,10H,3-4H2/t5-,6-. The largest absolute Gasteiger partial charge is 0.393 e. The molecule has 1 N–H and O–H groups in total. The molecule has 60 valence electrons. The van der Waals surface area contributed by atoms with Crippen LogP contribution in [0.5, 0.6) is 0 Å². The number of aliphatic hydroxyl groups is 1. The summed E-state index contributed by atoms with van der Waals surface area (Å²) in [6.07, 6.45) is 1.76. The summed E-state index contributed by atoms with van der Waals surface area (Å²) in [4.78, 5) is 1.32. The minimum atomic E-state index is -0.0686. The van der Waals surface area contributed by atoms with Crippen LogP contribution in [0.3, 0.4) is 0 Å². The van der Waals surface area contributed by atoms with Crippen molar-refractivity contribution < 1.29 is 5.11 Å². The van der Waals surface area contributed by atoms with Crippen molar-refractivity contribution in [2.45, 2.75) is 24.9 Å². The predicted molar refractivity (Wildman–Crippen MR) is 47.3 cm³/mol. The number of halogens is 1. The smallest absolute Gasteiger partial charge is 0.0931 e. The Morgan fingerprint density at radius 3 is 2.64 bits per heavy atom. The molecule has 0 amide bonds. The lowest BCUT2D eigenvalue weighted by atomic mass is 9.81. The predicted octanol–water partition coefficient (Wildman–Crippen LogP) is 2.64. The van der Waals surface area contributed by atoms with E-state index in [1.165, 1.54) is 4.88 Å². The first kappa shape index (κ1) is 7.59. The summed E-state index contributed by atoms with van der Waals surface area (Å²) in [5.74, 6) is 0.572. The van der Waals surface area contributed by atoms with Gasteiger partial charge in [-0.2, -0.15) is 0 Å². The zero-order valence-corrected chi connectivity index (χ0v) is 7.53. The molecule has 1 aliphatic carbocycles. The summed E-state index contributed by atoms with van der Waals surface area (Å²) < 4.78 is 0.849. The van der Waals surface area contributed by atoms with Gasteiger partial charge in [-0.15, -0.1) is 11.3 Å². The monoisotopic (exact) mass is 188 g/mol. The van der Waals surface area contributed by atoms with E-state index in [0.29, 0.717) is 5.92 Å². The molecule has 0 spiro atoms. The first-order valence-electron chi connectivity index (χ1n) is 3.69. The van der Waals surface area contributed by atoms with Gasteiger partial charge in [-0.05, 0) is 30.9 Å². The van der Waals surface area contributed by atoms with E-state index < -0.39 is 0 Å². The molecule has 0 unspecified atom stereocenters. The van der Waals surface area contributed by atoms with Gasteiger partial charge in [0.1, 0.15) is 0 Å². The number of hydrogen-bond acceptors (Lipinski definition) is 2. The molecule has 2 rings (SSSR count). The van der Waals surface area contributed by atoms with E-state index in [-0.39, 0.29) is 6.10 Å². The molecule has 0 aromatic carbocycles. The Balaban J connectivity index is 2.07. The Kier molecular flexibility index (Phi) is 1.91. The fourth-order valence-corrected chi connectivity index (χ4v) is 2.55. The van der Waals surface area contributed by atoms with Crippen LogP contribution < -0.4 is 0 Å². The second kappa shape index (κ2) is 2.77. The topological polar surface area (TPSA) is 20.2 Å². The summed E-state index contributed by atoms with van der Waals surface area (Å²) in [5.41, 5.74) is 0. The van der Waals surface area contributed by atoms with E-state index in [2.05, 4.69) is 6.07 Å². The highest BCUT2D eigenvalue weighted by molar-refractivity contribution is 7.16. The van der Waals surface area contributed by atoms with Crippen LogP contribution in [0.2, 0.25) is 4.34 Å². The van der Waals surface area contributed by atoms with E-state index in [0.717, 1.165) is 17.2 Å². The maximum Gasteiger partial charge on any atom is 0.0931 e. The summed E-state index contributed by atoms with van der Waals surface area (Å²) in [5, 5.41) is 9.06. The van der Waals surface area contributed by atoms with Gasteiger partial charge in [0.2, 0.25) is 0 Å². The molecule has 0 bridgehead atoms. The van der Waals surface area contributed by atoms with Crippen LogP contribution in [-0.4, -0.2) is 11.2 Å². The first-order valence-corrected chi connectivity index (χ1v) is 4.88. The summed E-state index contributed by atoms with van der Waals surface area (Å²) in [6.45, 7) is 0. The van der Waals surface area contributed by atoms with Crippen LogP contribution in [0, 0.1) is 0 Å². The molecule has 11 heavy (non-hydrogen) atoms. The van der Waals surface area contributed by atoms with E-state index in [1.54, 1.807) is 11.3 Å². The second-order valence-electron chi connectivity index (χ2n) is 2.96. The van der Waals surface area contributed by atoms with E-state index in [9.17, 15) is 0 Å². The van der Waals surface area contributed by atoms with Crippen molar-refractivity contribution >= 4 is 22.9 Å². The highest BCUT2D eigenvalue weighted by Gasteiger charge is 2.29. The van der Waals surface area contributed by atoms with Gasteiger partial charge in [0.15, 0.2) is 0 Å². The molecule has 1 fully saturated rings. The second-order valence-corrected chi connectivity index (χ2v) is 4.71. The Bertz CT molecular complexity index is 252. The van der Waals surface area contributed by atoms with E-state index >= 15 is 0 Å². The van der Waals surface area contributed by atoms with Crippen LogP contribution >= 0.6 is 22.9 Å². The van der Waals surface area contributed by atoms with Crippen molar-refractivity contribution in [1.82, 2.24) is 0 Å². The van der Waals surface area contributed by atoms with Crippen molar-refractivity contribution in [1.29, 1.82) is 0 Å². The molecule has 3 heteroatoms. The third-order valence-corrected chi connectivity index (χ3v) is 3.50. The van der Waals surface area contributed by atoms with Gasteiger partial charge in [-0.3, -0.25) is 0 Å². The van der Waals surface area contributed by atoms with Gasteiger partial charge in [0.25, 0.3) is 0 Å². The first-order chi connectivity index (χ1) is 5.25. The molecule has 0 atom stereocenters. The van der Waals surface area contributed by atoms with Crippen LogP contribution in [0.15, 0.2) is 12.1 Å². The quantitative estimate of drug-likeness (QED) is 0.719. The van der Waals surface area contributed by atoms with Crippen molar-refractivity contribution in [3.8, 4) is 0 Å². The fraction of sp³-hybridized carbons (Fsp3) is 0.500. The van der Waals surface area contributed by atoms with Gasteiger partial charge in [-0.1, -0.05) is 11.6 Å². The molecule has 1 nitrogen and oxygen atoms in total. The molecule has 0 radical (unpaired) electrons. The molecular formula is C8H9ClOS. The van der Waals surface area contributed by atoms with Crippen molar-refractivity contribution in [3.63, 3.8) is 0 Å². The molecule has 1 saturated carbocycles. The normalized spacial score (nSPS) is 30.0. The van der Waals surface area contributed by atoms with Gasteiger partial charge in [-0.25, -0.2) is 0 Å². The zero-order chi connectivity index (χ0) is 7.84. The number of hydrogen-bond donors (Lipinski definition) is 1. The van der Waals surface area contributed by atoms with Crippen molar-refractivity contribution in [2.75, 3.05) is 0 Å². The summed E-state index contributed by atoms with van der Waals surface area (Å²) in [7, 11) is 0. The third-order valence-electron chi connectivity index (χ3n) is 2.11. The number of aliphatic hydroxyl groups excluding tert-OH is 1. The Morgan fingerprint density at radius 2 is 2.18 bits per heavy atom. The average molecular weight is 189 g/mol. The summed E-state index contributed by atoms with van der Waals surface area (Å²) >= 11 is 7.41. The molecular weight excluding hydrogens is 180 g/mol. The highest BCUT2D eigenvalue weighted by Crippen LogP contribution is 2.40. The summed E-state index contributed by atoms with van der Waals surface area (Å²) in [6, 6.07) is 3.98. The zero-order valence-electron chi connectivity index (χ0n) is 5.96. The lowest BCUT2D eigenvalue weighted by molar-refractivity contribution is 0.0758. The minimum Gasteiger partial charge on any atom is -0.393 e. The van der Waals surface area contributed by atoms with Crippen LogP contribution in [0.25, 0.3) is 0 Å². The van der Waals surface area contributed by atoms with E-state index in [4.69, 9.17) is 16.7 Å². The minimum absolute atomic E-state index is 0.0686. The van der Waals surface area contributed by atoms with Crippen molar-refractivity contribution in [2.24, 2.45) is 0 Å². The number of rotatable bonds is 1. The molecule has 1 heterocycles. The Morgan fingerprint density at radius 1 is 1.45 bits per heavy atom. The Labute approximate surface area is 74.6 Å². The van der Waals surface area contributed by atoms with Crippen LogP contribution in [-0.2, 0) is 0 Å². The molecule has 1 aromatic rings. The lowest BCUT2D eigenvalue weighted by Crippen LogP contribution is -2.25. The maximum atomic E-state index is 9.06. The van der Waals surface area contributed by atoms with Gasteiger partial charge >= 0.3 is 0 Å². The molecule has 0 saturated heterocycles. The van der Waals surface area contributed by atoms with Gasteiger partial charge in [0, 0.05) is 4.88 Å². The fourth-order valence-electron chi connectivity index (χ4n) is 1.37. The van der Waals surface area contributed by atoms with Crippen molar-refractivity contribution in [3.05, 3.63) is 21.3 Å². The molecule has 0 aliphatic heterocycles. The van der Waals surface area contributed by atoms with Gasteiger partial charge in [0.05, 0.1) is 10.4 Å². The third kappa shape index (κ3) is 1.43. The van der Waals surface area contributed by atoms with Gasteiger partial charge < -0.3 is 5.11 Å². The number of thiophene rings is 1. The van der Waals surface area contributed by atoms with Crippen LogP contribution in [0.1, 0.15) is 23.6 Å². The van der Waals surface area contributed by atoms with Crippen LogP contribution in [0.4, 0.5) is 0 Å². The SMILES string of the molecule is O[C@H]1C[C@H](c2ccc(Cl)s2)C1. The highest BCUT2D eigenvalue weighted by atomic mass is 35.5.